The summed E-state index contributed by atoms with van der Waals surface area (Å²) < 4.78 is 18.5. The van der Waals surface area contributed by atoms with Crippen molar-refractivity contribution >= 4 is 17.6 Å². The molecule has 0 aliphatic rings. The molecule has 22 heavy (non-hydrogen) atoms. The van der Waals surface area contributed by atoms with Crippen molar-refractivity contribution in [1.82, 2.24) is 0 Å². The number of amides is 1. The third-order valence-corrected chi connectivity index (χ3v) is 3.02. The lowest BCUT2D eigenvalue weighted by atomic mass is 10.1. The number of aryl methyl sites for hydroxylation is 2. The van der Waals surface area contributed by atoms with E-state index in [4.69, 9.17) is 4.74 Å². The van der Waals surface area contributed by atoms with Crippen LogP contribution in [0.3, 0.4) is 0 Å². The average molecular weight is 301 g/mol. The van der Waals surface area contributed by atoms with Crippen LogP contribution < -0.4 is 5.32 Å². The zero-order chi connectivity index (χ0) is 16.1. The first-order chi connectivity index (χ1) is 10.5. The van der Waals surface area contributed by atoms with Gasteiger partial charge in [-0.2, -0.15) is 0 Å². The molecule has 2 aromatic carbocycles. The summed E-state index contributed by atoms with van der Waals surface area (Å²) in [5.74, 6) is -1.72. The van der Waals surface area contributed by atoms with Crippen molar-refractivity contribution in [3.63, 3.8) is 0 Å². The molecule has 114 valence electrons. The minimum Gasteiger partial charge on any atom is -0.452 e. The highest BCUT2D eigenvalue weighted by molar-refractivity contribution is 5.95. The second-order valence-electron chi connectivity index (χ2n) is 4.97. The third kappa shape index (κ3) is 4.15. The topological polar surface area (TPSA) is 55.4 Å². The van der Waals surface area contributed by atoms with E-state index in [9.17, 15) is 14.0 Å². The molecule has 4 nitrogen and oxygen atoms in total. The summed E-state index contributed by atoms with van der Waals surface area (Å²) in [4.78, 5) is 23.4. The van der Waals surface area contributed by atoms with Gasteiger partial charge in [0, 0.05) is 0 Å². The molecule has 5 heteroatoms. The van der Waals surface area contributed by atoms with Gasteiger partial charge in [-0.1, -0.05) is 23.8 Å². The molecule has 0 heterocycles. The number of rotatable bonds is 4. The van der Waals surface area contributed by atoms with E-state index in [0.29, 0.717) is 5.56 Å². The molecular formula is C17H16FNO3. The summed E-state index contributed by atoms with van der Waals surface area (Å²) in [6.07, 6.45) is 0. The third-order valence-electron chi connectivity index (χ3n) is 3.02. The van der Waals surface area contributed by atoms with Crippen molar-refractivity contribution in [2.75, 3.05) is 11.9 Å². The average Bonchev–Trinajstić information content (AvgIpc) is 2.48. The van der Waals surface area contributed by atoms with Crippen molar-refractivity contribution < 1.29 is 18.7 Å². The van der Waals surface area contributed by atoms with Crippen LogP contribution in [0.1, 0.15) is 21.5 Å². The van der Waals surface area contributed by atoms with Gasteiger partial charge in [0.25, 0.3) is 5.91 Å². The Morgan fingerprint density at radius 1 is 1.05 bits per heavy atom. The van der Waals surface area contributed by atoms with Crippen LogP contribution in [0.15, 0.2) is 42.5 Å². The number of hydrogen-bond donors (Lipinski definition) is 1. The van der Waals surface area contributed by atoms with E-state index in [-0.39, 0.29) is 5.69 Å². The molecule has 0 aliphatic heterocycles. The monoisotopic (exact) mass is 301 g/mol. The van der Waals surface area contributed by atoms with Gasteiger partial charge in [0.2, 0.25) is 0 Å². The zero-order valence-electron chi connectivity index (χ0n) is 12.4. The summed E-state index contributed by atoms with van der Waals surface area (Å²) in [5, 5.41) is 2.36. The number of esters is 1. The Morgan fingerprint density at radius 3 is 2.32 bits per heavy atom. The van der Waals surface area contributed by atoms with E-state index in [2.05, 4.69) is 5.32 Å². The van der Waals surface area contributed by atoms with E-state index >= 15 is 0 Å². The highest BCUT2D eigenvalue weighted by atomic mass is 19.1. The molecule has 0 atom stereocenters. The predicted molar refractivity (Wildman–Crippen MR) is 81.2 cm³/mol. The predicted octanol–water partition coefficient (Wildman–Crippen LogP) is 3.24. The van der Waals surface area contributed by atoms with E-state index in [1.807, 2.05) is 6.92 Å². The van der Waals surface area contributed by atoms with Crippen LogP contribution in [0.5, 0.6) is 0 Å². The molecule has 1 N–H and O–H groups in total. The number of carbonyl (C=O) groups is 2. The van der Waals surface area contributed by atoms with Crippen LogP contribution in [-0.4, -0.2) is 18.5 Å². The maximum atomic E-state index is 13.6. The number of nitrogens with one attached hydrogen (secondary N) is 1. The Bertz CT molecular complexity index is 696. The Labute approximate surface area is 127 Å². The molecule has 0 bridgehead atoms. The number of carbonyl (C=O) groups excluding carboxylic acids is 2. The smallest absolute Gasteiger partial charge is 0.338 e. The first kappa shape index (κ1) is 15.7. The summed E-state index contributed by atoms with van der Waals surface area (Å²) in [7, 11) is 0. The Balaban J connectivity index is 1.89. The van der Waals surface area contributed by atoms with Crippen LogP contribution >= 0.6 is 0 Å². The largest absolute Gasteiger partial charge is 0.452 e. The Kier molecular flexibility index (Phi) is 4.88. The van der Waals surface area contributed by atoms with Crippen LogP contribution in [0.25, 0.3) is 0 Å². The first-order valence-electron chi connectivity index (χ1n) is 6.75. The molecule has 0 aromatic heterocycles. The standard InChI is InChI=1S/C17H16FNO3/c1-11-3-6-13(7-4-11)17(21)22-10-16(20)19-15-8-5-12(2)9-14(15)18/h3-9H,10H2,1-2H3,(H,19,20). The molecule has 0 spiro atoms. The van der Waals surface area contributed by atoms with Gasteiger partial charge in [0.1, 0.15) is 5.82 Å². The molecule has 0 saturated heterocycles. The summed E-state index contributed by atoms with van der Waals surface area (Å²) in [6, 6.07) is 11.2. The van der Waals surface area contributed by atoms with Crippen LogP contribution in [0, 0.1) is 19.7 Å². The van der Waals surface area contributed by atoms with Gasteiger partial charge in [-0.25, -0.2) is 9.18 Å². The second-order valence-corrected chi connectivity index (χ2v) is 4.97. The van der Waals surface area contributed by atoms with Gasteiger partial charge >= 0.3 is 5.97 Å². The van der Waals surface area contributed by atoms with Gasteiger partial charge in [-0.3, -0.25) is 4.79 Å². The fraction of sp³-hybridized carbons (Fsp3) is 0.176. The van der Waals surface area contributed by atoms with E-state index in [0.717, 1.165) is 11.1 Å². The number of hydrogen-bond acceptors (Lipinski definition) is 3. The molecule has 0 unspecified atom stereocenters. The minimum absolute atomic E-state index is 0.0574. The van der Waals surface area contributed by atoms with Crippen molar-refractivity contribution in [3.8, 4) is 0 Å². The lowest BCUT2D eigenvalue weighted by molar-refractivity contribution is -0.119. The highest BCUT2D eigenvalue weighted by Gasteiger charge is 2.11. The van der Waals surface area contributed by atoms with Gasteiger partial charge in [-0.15, -0.1) is 0 Å². The lowest BCUT2D eigenvalue weighted by Gasteiger charge is -2.08. The quantitative estimate of drug-likeness (QED) is 0.882. The van der Waals surface area contributed by atoms with Crippen molar-refractivity contribution in [3.05, 3.63) is 65.0 Å². The highest BCUT2D eigenvalue weighted by Crippen LogP contribution is 2.15. The maximum Gasteiger partial charge on any atom is 0.338 e. The Morgan fingerprint density at radius 2 is 1.68 bits per heavy atom. The van der Waals surface area contributed by atoms with Crippen molar-refractivity contribution in [2.45, 2.75) is 13.8 Å². The number of anilines is 1. The summed E-state index contributed by atoms with van der Waals surface area (Å²) in [6.45, 7) is 3.18. The number of benzene rings is 2. The maximum absolute atomic E-state index is 13.6. The molecule has 0 aliphatic carbocycles. The summed E-state index contributed by atoms with van der Waals surface area (Å²) >= 11 is 0. The zero-order valence-corrected chi connectivity index (χ0v) is 12.4. The van der Waals surface area contributed by atoms with E-state index in [1.54, 1.807) is 37.3 Å². The molecule has 2 aromatic rings. The number of ether oxygens (including phenoxy) is 1. The van der Waals surface area contributed by atoms with Crippen LogP contribution in [0.4, 0.5) is 10.1 Å². The van der Waals surface area contributed by atoms with Gasteiger partial charge in [-0.05, 0) is 43.7 Å². The normalized spacial score (nSPS) is 10.1. The summed E-state index contributed by atoms with van der Waals surface area (Å²) in [5.41, 5.74) is 2.19. The molecule has 0 fully saturated rings. The molecule has 0 saturated carbocycles. The van der Waals surface area contributed by atoms with Crippen LogP contribution in [-0.2, 0) is 9.53 Å². The van der Waals surface area contributed by atoms with Gasteiger partial charge < -0.3 is 10.1 Å². The number of halogens is 1. The molecule has 0 radical (unpaired) electrons. The molecular weight excluding hydrogens is 285 g/mol. The second kappa shape index (κ2) is 6.85. The first-order valence-corrected chi connectivity index (χ1v) is 6.75. The SMILES string of the molecule is Cc1ccc(C(=O)OCC(=O)Nc2ccc(C)cc2F)cc1. The minimum atomic E-state index is -0.598. The van der Waals surface area contributed by atoms with Crippen molar-refractivity contribution in [2.24, 2.45) is 0 Å². The van der Waals surface area contributed by atoms with Gasteiger partial charge in [0.05, 0.1) is 11.3 Å². The molecule has 1 amide bonds. The Hall–Kier alpha value is -2.69. The van der Waals surface area contributed by atoms with Gasteiger partial charge in [0.15, 0.2) is 6.61 Å². The fourth-order valence-corrected chi connectivity index (χ4v) is 1.81. The fourth-order valence-electron chi connectivity index (χ4n) is 1.81. The lowest BCUT2D eigenvalue weighted by Crippen LogP contribution is -2.21. The van der Waals surface area contributed by atoms with Crippen LogP contribution in [0.2, 0.25) is 0 Å². The van der Waals surface area contributed by atoms with E-state index < -0.39 is 24.3 Å². The van der Waals surface area contributed by atoms with E-state index in [1.165, 1.54) is 12.1 Å². The molecule has 2 rings (SSSR count). The van der Waals surface area contributed by atoms with Crippen molar-refractivity contribution in [1.29, 1.82) is 0 Å².